The third-order valence-corrected chi connectivity index (χ3v) is 2.44. The molecule has 0 saturated carbocycles. The molecule has 72 valence electrons. The monoisotopic (exact) mass is 252 g/mol. The van der Waals surface area contributed by atoms with Gasteiger partial charge in [-0.05, 0) is 35.0 Å². The van der Waals surface area contributed by atoms with Crippen LogP contribution in [-0.4, -0.2) is 19.7 Å². The van der Waals surface area contributed by atoms with Gasteiger partial charge in [-0.15, -0.1) is 0 Å². The fraction of sp³-hybridized carbons (Fsp3) is 0.222. The van der Waals surface area contributed by atoms with Crippen LogP contribution in [0.4, 0.5) is 0 Å². The lowest BCUT2D eigenvalue weighted by Gasteiger charge is -1.94. The number of halogens is 1. The van der Waals surface area contributed by atoms with E-state index in [1.807, 2.05) is 30.8 Å². The summed E-state index contributed by atoms with van der Waals surface area (Å²) in [5.41, 5.74) is 2.80. The minimum atomic E-state index is 0.769. The summed E-state index contributed by atoms with van der Waals surface area (Å²) in [7, 11) is 1.91. The first kappa shape index (κ1) is 9.33. The van der Waals surface area contributed by atoms with Gasteiger partial charge in [0.25, 0.3) is 0 Å². The summed E-state index contributed by atoms with van der Waals surface area (Å²) in [5.74, 6) is 0. The predicted molar refractivity (Wildman–Crippen MR) is 56.7 cm³/mol. The molecule has 2 aromatic heterocycles. The van der Waals surface area contributed by atoms with E-state index in [0.717, 1.165) is 21.7 Å². The van der Waals surface area contributed by atoms with Crippen molar-refractivity contribution in [3.63, 3.8) is 0 Å². The minimum Gasteiger partial charge on any atom is -0.272 e. The van der Waals surface area contributed by atoms with Crippen LogP contribution in [0.2, 0.25) is 0 Å². The Hall–Kier alpha value is -1.23. The molecule has 2 heterocycles. The summed E-state index contributed by atoms with van der Waals surface area (Å²) < 4.78 is 2.59. The average Bonchev–Trinajstić information content (AvgIpc) is 2.47. The highest BCUT2D eigenvalue weighted by Crippen LogP contribution is 2.17. The molecule has 0 aliphatic carbocycles. The molecule has 0 aliphatic rings. The summed E-state index contributed by atoms with van der Waals surface area (Å²) in [5, 5.41) is 4.33. The molecule has 0 fully saturated rings. The van der Waals surface area contributed by atoms with Gasteiger partial charge in [0.2, 0.25) is 0 Å². The molecule has 0 spiro atoms. The maximum atomic E-state index is 4.33. The first-order valence-electron chi connectivity index (χ1n) is 4.15. The van der Waals surface area contributed by atoms with Crippen LogP contribution in [0.1, 0.15) is 5.69 Å². The Morgan fingerprint density at radius 1 is 1.21 bits per heavy atom. The third kappa shape index (κ3) is 1.68. The van der Waals surface area contributed by atoms with Crippen LogP contribution < -0.4 is 0 Å². The van der Waals surface area contributed by atoms with Crippen molar-refractivity contribution in [2.75, 3.05) is 0 Å². The lowest BCUT2D eigenvalue weighted by molar-refractivity contribution is 0.742. The van der Waals surface area contributed by atoms with Crippen molar-refractivity contribution in [2.24, 2.45) is 7.05 Å². The van der Waals surface area contributed by atoms with E-state index in [-0.39, 0.29) is 0 Å². The second-order valence-electron chi connectivity index (χ2n) is 3.02. The zero-order chi connectivity index (χ0) is 10.1. The van der Waals surface area contributed by atoms with Gasteiger partial charge in [0.15, 0.2) is 0 Å². The number of hydrogen-bond acceptors (Lipinski definition) is 3. The van der Waals surface area contributed by atoms with Gasteiger partial charge in [-0.3, -0.25) is 4.68 Å². The van der Waals surface area contributed by atoms with E-state index in [1.165, 1.54) is 6.33 Å². The molecule has 14 heavy (non-hydrogen) atoms. The number of nitrogens with zero attached hydrogens (tertiary/aromatic N) is 4. The summed E-state index contributed by atoms with van der Waals surface area (Å²) >= 11 is 3.30. The zero-order valence-electron chi connectivity index (χ0n) is 7.90. The van der Waals surface area contributed by atoms with Crippen molar-refractivity contribution in [3.05, 3.63) is 28.8 Å². The van der Waals surface area contributed by atoms with E-state index in [1.54, 1.807) is 0 Å². The number of aromatic nitrogens is 4. The number of rotatable bonds is 1. The molecular weight excluding hydrogens is 244 g/mol. The van der Waals surface area contributed by atoms with Gasteiger partial charge in [-0.2, -0.15) is 5.10 Å². The molecule has 2 rings (SSSR count). The molecule has 2 aromatic rings. The summed E-state index contributed by atoms with van der Waals surface area (Å²) in [6, 6.07) is 3.84. The van der Waals surface area contributed by atoms with Crippen molar-refractivity contribution in [3.8, 4) is 11.4 Å². The van der Waals surface area contributed by atoms with Gasteiger partial charge in [0.1, 0.15) is 16.6 Å². The maximum Gasteiger partial charge on any atom is 0.117 e. The lowest BCUT2D eigenvalue weighted by Crippen LogP contribution is -1.93. The van der Waals surface area contributed by atoms with Crippen LogP contribution in [-0.2, 0) is 7.05 Å². The minimum absolute atomic E-state index is 0.769. The molecule has 0 N–H and O–H groups in total. The van der Waals surface area contributed by atoms with Crippen LogP contribution in [0.25, 0.3) is 11.4 Å². The Labute approximate surface area is 90.1 Å². The molecule has 0 radical (unpaired) electrons. The molecule has 5 heteroatoms. The molecule has 0 amide bonds. The average molecular weight is 253 g/mol. The van der Waals surface area contributed by atoms with Crippen LogP contribution in [0.3, 0.4) is 0 Å². The zero-order valence-corrected chi connectivity index (χ0v) is 9.48. The van der Waals surface area contributed by atoms with Gasteiger partial charge in [-0.25, -0.2) is 9.97 Å². The highest BCUT2D eigenvalue weighted by Gasteiger charge is 2.05. The second kappa shape index (κ2) is 3.49. The molecule has 4 nitrogen and oxygen atoms in total. The Bertz CT molecular complexity index is 444. The quantitative estimate of drug-likeness (QED) is 0.729. The van der Waals surface area contributed by atoms with Crippen molar-refractivity contribution in [2.45, 2.75) is 6.92 Å². The normalized spacial score (nSPS) is 10.5. The Kier molecular flexibility index (Phi) is 2.33. The van der Waals surface area contributed by atoms with E-state index in [0.29, 0.717) is 0 Å². The van der Waals surface area contributed by atoms with Gasteiger partial charge < -0.3 is 0 Å². The lowest BCUT2D eigenvalue weighted by atomic mass is 10.3. The van der Waals surface area contributed by atoms with Gasteiger partial charge in [-0.1, -0.05) is 0 Å². The largest absolute Gasteiger partial charge is 0.272 e. The summed E-state index contributed by atoms with van der Waals surface area (Å²) in [6.07, 6.45) is 1.52. The van der Waals surface area contributed by atoms with Crippen molar-refractivity contribution in [1.29, 1.82) is 0 Å². The van der Waals surface area contributed by atoms with Gasteiger partial charge >= 0.3 is 0 Å². The maximum absolute atomic E-state index is 4.33. The number of hydrogen-bond donors (Lipinski definition) is 0. The molecule has 0 unspecified atom stereocenters. The Morgan fingerprint density at radius 2 is 2.00 bits per heavy atom. The van der Waals surface area contributed by atoms with E-state index in [2.05, 4.69) is 31.0 Å². The van der Waals surface area contributed by atoms with Crippen LogP contribution >= 0.6 is 15.9 Å². The Morgan fingerprint density at radius 3 is 2.57 bits per heavy atom. The summed E-state index contributed by atoms with van der Waals surface area (Å²) in [6.45, 7) is 2.01. The smallest absolute Gasteiger partial charge is 0.117 e. The second-order valence-corrected chi connectivity index (χ2v) is 3.83. The van der Waals surface area contributed by atoms with Crippen LogP contribution in [0, 0.1) is 6.92 Å². The van der Waals surface area contributed by atoms with Gasteiger partial charge in [0, 0.05) is 12.7 Å². The first-order valence-corrected chi connectivity index (χ1v) is 4.94. The van der Waals surface area contributed by atoms with E-state index in [4.69, 9.17) is 0 Å². The molecular formula is C9H9BrN4. The fourth-order valence-electron chi connectivity index (χ4n) is 1.16. The predicted octanol–water partition coefficient (Wildman–Crippen LogP) is 1.95. The molecule has 0 aromatic carbocycles. The molecule has 0 bridgehead atoms. The molecule has 0 atom stereocenters. The fourth-order valence-corrected chi connectivity index (χ4v) is 1.47. The van der Waals surface area contributed by atoms with E-state index >= 15 is 0 Å². The highest BCUT2D eigenvalue weighted by atomic mass is 79.9. The van der Waals surface area contributed by atoms with E-state index < -0.39 is 0 Å². The van der Waals surface area contributed by atoms with Crippen molar-refractivity contribution >= 4 is 15.9 Å². The SMILES string of the molecule is Cc1cc(-c2cc(Br)ncn2)nn1C. The Balaban J connectivity index is 2.49. The van der Waals surface area contributed by atoms with Crippen molar-refractivity contribution < 1.29 is 0 Å². The first-order chi connectivity index (χ1) is 6.66. The third-order valence-electron chi connectivity index (χ3n) is 2.01. The topological polar surface area (TPSA) is 43.6 Å². The summed E-state index contributed by atoms with van der Waals surface area (Å²) in [4.78, 5) is 8.11. The number of aryl methyl sites for hydroxylation is 2. The van der Waals surface area contributed by atoms with Crippen molar-refractivity contribution in [1.82, 2.24) is 19.7 Å². The van der Waals surface area contributed by atoms with E-state index in [9.17, 15) is 0 Å². The van der Waals surface area contributed by atoms with Crippen LogP contribution in [0.5, 0.6) is 0 Å². The molecule has 0 aliphatic heterocycles. The molecule has 0 saturated heterocycles. The standard InChI is InChI=1S/C9H9BrN4/c1-6-3-8(13-14(6)2)7-4-9(10)12-5-11-7/h3-5H,1-2H3. The van der Waals surface area contributed by atoms with Gasteiger partial charge in [0.05, 0.1) is 5.69 Å². The highest BCUT2D eigenvalue weighted by molar-refractivity contribution is 9.10. The van der Waals surface area contributed by atoms with Crippen LogP contribution in [0.15, 0.2) is 23.1 Å².